The number of hydrogen-bond donors (Lipinski definition) is 2. The summed E-state index contributed by atoms with van der Waals surface area (Å²) in [5.41, 5.74) is 1.99. The van der Waals surface area contributed by atoms with Crippen LogP contribution < -0.4 is 15.4 Å². The normalized spacial score (nSPS) is 20.5. The fourth-order valence-corrected chi connectivity index (χ4v) is 3.87. The van der Waals surface area contributed by atoms with Crippen LogP contribution in [0.5, 0.6) is 5.75 Å². The average Bonchev–Trinajstić information content (AvgIpc) is 2.71. The molecule has 0 aliphatic heterocycles. The van der Waals surface area contributed by atoms with E-state index in [-0.39, 0.29) is 5.41 Å². The summed E-state index contributed by atoms with van der Waals surface area (Å²) >= 11 is 0. The van der Waals surface area contributed by atoms with E-state index in [0.717, 1.165) is 25.0 Å². The molecule has 1 aliphatic rings. The van der Waals surface area contributed by atoms with Crippen molar-refractivity contribution in [2.24, 2.45) is 11.3 Å². The van der Waals surface area contributed by atoms with Crippen LogP contribution in [-0.2, 0) is 6.42 Å². The van der Waals surface area contributed by atoms with Gasteiger partial charge in [0, 0.05) is 12.6 Å². The van der Waals surface area contributed by atoms with Crippen LogP contribution in [0.15, 0.2) is 30.5 Å². The summed E-state index contributed by atoms with van der Waals surface area (Å²) < 4.78 is 5.19. The number of aromatic nitrogens is 2. The molecule has 2 atom stereocenters. The quantitative estimate of drug-likeness (QED) is 0.713. The Balaban J connectivity index is 1.61. The molecule has 1 heterocycles. The summed E-state index contributed by atoms with van der Waals surface area (Å²) in [5.74, 6) is 2.73. The molecule has 1 saturated carbocycles. The minimum absolute atomic E-state index is 0.287. The molecular formula is C23H31N5O. The van der Waals surface area contributed by atoms with Crippen LogP contribution in [0.1, 0.15) is 51.2 Å². The van der Waals surface area contributed by atoms with Crippen molar-refractivity contribution < 1.29 is 4.74 Å². The maximum Gasteiger partial charge on any atom is 0.224 e. The van der Waals surface area contributed by atoms with E-state index in [9.17, 15) is 5.26 Å². The second kappa shape index (κ2) is 9.13. The van der Waals surface area contributed by atoms with E-state index >= 15 is 0 Å². The zero-order chi connectivity index (χ0) is 20.9. The molecule has 29 heavy (non-hydrogen) atoms. The Hall–Kier alpha value is -2.81. The van der Waals surface area contributed by atoms with E-state index < -0.39 is 0 Å². The summed E-state index contributed by atoms with van der Waals surface area (Å²) in [4.78, 5) is 8.88. The lowest BCUT2D eigenvalue weighted by molar-refractivity contribution is 0.143. The van der Waals surface area contributed by atoms with E-state index in [4.69, 9.17) is 4.74 Å². The highest BCUT2D eigenvalue weighted by molar-refractivity contribution is 5.54. The second-order valence-corrected chi connectivity index (χ2v) is 8.60. The first-order valence-electron chi connectivity index (χ1n) is 10.3. The molecule has 6 heteroatoms. The highest BCUT2D eigenvalue weighted by atomic mass is 16.5. The van der Waals surface area contributed by atoms with E-state index in [1.807, 2.05) is 12.1 Å². The maximum absolute atomic E-state index is 9.45. The van der Waals surface area contributed by atoms with Crippen LogP contribution in [0.3, 0.4) is 0 Å². The van der Waals surface area contributed by atoms with Crippen LogP contribution in [0.25, 0.3) is 0 Å². The highest BCUT2D eigenvalue weighted by Crippen LogP contribution is 2.41. The van der Waals surface area contributed by atoms with Gasteiger partial charge in [-0.3, -0.25) is 0 Å². The number of rotatable bonds is 7. The third-order valence-electron chi connectivity index (χ3n) is 6.16. The van der Waals surface area contributed by atoms with E-state index in [2.05, 4.69) is 59.6 Å². The van der Waals surface area contributed by atoms with Crippen molar-refractivity contribution in [1.82, 2.24) is 9.97 Å². The monoisotopic (exact) mass is 393 g/mol. The minimum atomic E-state index is 0.287. The van der Waals surface area contributed by atoms with Gasteiger partial charge in [-0.25, -0.2) is 4.98 Å². The first-order valence-corrected chi connectivity index (χ1v) is 10.3. The fraction of sp³-hybridized carbons (Fsp3) is 0.522. The average molecular weight is 394 g/mol. The molecule has 0 radical (unpaired) electrons. The lowest BCUT2D eigenvalue weighted by Crippen LogP contribution is -2.37. The van der Waals surface area contributed by atoms with E-state index in [1.165, 1.54) is 12.0 Å². The molecule has 0 spiro atoms. The molecular weight excluding hydrogens is 362 g/mol. The summed E-state index contributed by atoms with van der Waals surface area (Å²) in [6, 6.07) is 10.6. The van der Waals surface area contributed by atoms with Gasteiger partial charge < -0.3 is 15.4 Å². The van der Waals surface area contributed by atoms with Crippen LogP contribution in [0.4, 0.5) is 11.8 Å². The predicted molar refractivity (Wildman–Crippen MR) is 116 cm³/mol. The number of anilines is 2. The molecule has 1 aromatic heterocycles. The van der Waals surface area contributed by atoms with Crippen LogP contribution in [0.2, 0.25) is 0 Å². The lowest BCUT2D eigenvalue weighted by atomic mass is 9.68. The molecule has 0 unspecified atom stereocenters. The lowest BCUT2D eigenvalue weighted by Gasteiger charge is -2.41. The molecule has 154 valence electrons. The van der Waals surface area contributed by atoms with Crippen molar-refractivity contribution in [2.45, 2.75) is 52.5 Å². The van der Waals surface area contributed by atoms with E-state index in [0.29, 0.717) is 35.8 Å². The SMILES string of the molecule is COc1ccc(CCNc2ncc(C#N)c(N[C@@H]3CC[C@H](C)C(C)(C)C3)n2)cc1. The van der Waals surface area contributed by atoms with Gasteiger partial charge in [-0.15, -0.1) is 0 Å². The zero-order valence-corrected chi connectivity index (χ0v) is 17.8. The molecule has 2 N–H and O–H groups in total. The third kappa shape index (κ3) is 5.38. The molecule has 3 rings (SSSR count). The first kappa shape index (κ1) is 20.9. The predicted octanol–water partition coefficient (Wildman–Crippen LogP) is 4.64. The van der Waals surface area contributed by atoms with Gasteiger partial charge in [0.2, 0.25) is 5.95 Å². The Bertz CT molecular complexity index is 857. The van der Waals surface area contributed by atoms with Gasteiger partial charge in [0.1, 0.15) is 23.2 Å². The molecule has 0 saturated heterocycles. The van der Waals surface area contributed by atoms with Crippen molar-refractivity contribution >= 4 is 11.8 Å². The molecule has 2 aromatic rings. The Morgan fingerprint density at radius 1 is 1.24 bits per heavy atom. The Morgan fingerprint density at radius 2 is 2.00 bits per heavy atom. The van der Waals surface area contributed by atoms with Crippen LogP contribution in [-0.4, -0.2) is 29.7 Å². The topological polar surface area (TPSA) is 82.9 Å². The van der Waals surface area contributed by atoms with Gasteiger partial charge in [0.25, 0.3) is 0 Å². The Labute approximate surface area is 173 Å². The maximum atomic E-state index is 9.45. The summed E-state index contributed by atoms with van der Waals surface area (Å²) in [7, 11) is 1.67. The van der Waals surface area contributed by atoms with Gasteiger partial charge >= 0.3 is 0 Å². The van der Waals surface area contributed by atoms with Crippen LogP contribution >= 0.6 is 0 Å². The molecule has 1 fully saturated rings. The number of hydrogen-bond acceptors (Lipinski definition) is 6. The largest absolute Gasteiger partial charge is 0.497 e. The second-order valence-electron chi connectivity index (χ2n) is 8.60. The zero-order valence-electron chi connectivity index (χ0n) is 17.8. The minimum Gasteiger partial charge on any atom is -0.497 e. The molecule has 1 aliphatic carbocycles. The standard InChI is InChI=1S/C23H31N5O/c1-16-5-8-19(13-23(16,2)3)27-21-18(14-24)15-26-22(28-21)25-12-11-17-6-9-20(29-4)10-7-17/h6-7,9-10,15-16,19H,5,8,11-13H2,1-4H3,(H2,25,26,27,28)/t16-,19+/m0/s1. The Kier molecular flexibility index (Phi) is 6.58. The summed E-state index contributed by atoms with van der Waals surface area (Å²) in [5, 5.41) is 16.2. The first-order chi connectivity index (χ1) is 13.9. The number of nitrogens with zero attached hydrogens (tertiary/aromatic N) is 3. The molecule has 6 nitrogen and oxygen atoms in total. The van der Waals surface area contributed by atoms with Gasteiger partial charge in [0.05, 0.1) is 13.3 Å². The van der Waals surface area contributed by atoms with Crippen molar-refractivity contribution in [3.8, 4) is 11.8 Å². The summed E-state index contributed by atoms with van der Waals surface area (Å²) in [6.45, 7) is 7.68. The fourth-order valence-electron chi connectivity index (χ4n) is 3.87. The van der Waals surface area contributed by atoms with Gasteiger partial charge in [-0.1, -0.05) is 32.9 Å². The number of benzene rings is 1. The molecule has 0 bridgehead atoms. The number of methoxy groups -OCH3 is 1. The van der Waals surface area contributed by atoms with Crippen molar-refractivity contribution in [3.63, 3.8) is 0 Å². The van der Waals surface area contributed by atoms with Crippen molar-refractivity contribution in [1.29, 1.82) is 5.26 Å². The van der Waals surface area contributed by atoms with Gasteiger partial charge in [0.15, 0.2) is 0 Å². The van der Waals surface area contributed by atoms with Crippen LogP contribution in [0, 0.1) is 22.7 Å². The van der Waals surface area contributed by atoms with E-state index in [1.54, 1.807) is 13.3 Å². The van der Waals surface area contributed by atoms with Crippen molar-refractivity contribution in [2.75, 3.05) is 24.3 Å². The smallest absolute Gasteiger partial charge is 0.224 e. The number of nitrogens with one attached hydrogen (secondary N) is 2. The number of ether oxygens (including phenoxy) is 1. The molecule has 1 aromatic carbocycles. The van der Waals surface area contributed by atoms with Crippen molar-refractivity contribution in [3.05, 3.63) is 41.6 Å². The Morgan fingerprint density at radius 3 is 2.66 bits per heavy atom. The van der Waals surface area contributed by atoms with Gasteiger partial charge in [-0.05, 0) is 54.7 Å². The molecule has 0 amide bonds. The van der Waals surface area contributed by atoms with Gasteiger partial charge in [-0.2, -0.15) is 10.2 Å². The third-order valence-corrected chi connectivity index (χ3v) is 6.16. The highest BCUT2D eigenvalue weighted by Gasteiger charge is 2.34. The summed E-state index contributed by atoms with van der Waals surface area (Å²) in [6.07, 6.45) is 5.81. The number of nitriles is 1.